The standard InChI is InChI=1S/C14H27N/c1-4-13(11-15-10-12(2)3)9-14-7-5-6-8-14/h9,12,14-15H,4-8,10-11H2,1-3H3. The van der Waals surface area contributed by atoms with Gasteiger partial charge >= 0.3 is 0 Å². The maximum atomic E-state index is 3.54. The van der Waals surface area contributed by atoms with E-state index in [0.717, 1.165) is 24.9 Å². The molecular formula is C14H27N. The largest absolute Gasteiger partial charge is 0.313 e. The summed E-state index contributed by atoms with van der Waals surface area (Å²) in [6.07, 6.45) is 9.48. The molecule has 0 aromatic carbocycles. The second-order valence-corrected chi connectivity index (χ2v) is 5.25. The van der Waals surface area contributed by atoms with Crippen LogP contribution in [-0.4, -0.2) is 13.1 Å². The minimum Gasteiger partial charge on any atom is -0.313 e. The lowest BCUT2D eigenvalue weighted by Crippen LogP contribution is -2.22. The van der Waals surface area contributed by atoms with Gasteiger partial charge in [0.05, 0.1) is 0 Å². The van der Waals surface area contributed by atoms with Crippen molar-refractivity contribution in [2.24, 2.45) is 11.8 Å². The lowest BCUT2D eigenvalue weighted by molar-refractivity contribution is 0.565. The van der Waals surface area contributed by atoms with Gasteiger partial charge in [-0.1, -0.05) is 45.3 Å². The van der Waals surface area contributed by atoms with Crippen LogP contribution in [0.3, 0.4) is 0 Å². The molecule has 0 amide bonds. The Balaban J connectivity index is 2.27. The maximum Gasteiger partial charge on any atom is 0.0164 e. The molecule has 1 heteroatoms. The second kappa shape index (κ2) is 7.05. The summed E-state index contributed by atoms with van der Waals surface area (Å²) in [6.45, 7) is 9.05. The zero-order valence-electron chi connectivity index (χ0n) is 10.7. The molecule has 88 valence electrons. The molecule has 15 heavy (non-hydrogen) atoms. The van der Waals surface area contributed by atoms with Gasteiger partial charge in [0, 0.05) is 6.54 Å². The molecular weight excluding hydrogens is 182 g/mol. The molecule has 0 spiro atoms. The van der Waals surface area contributed by atoms with Crippen LogP contribution >= 0.6 is 0 Å². The number of nitrogens with one attached hydrogen (secondary N) is 1. The zero-order valence-corrected chi connectivity index (χ0v) is 10.7. The van der Waals surface area contributed by atoms with Gasteiger partial charge in [0.25, 0.3) is 0 Å². The van der Waals surface area contributed by atoms with Gasteiger partial charge in [0.15, 0.2) is 0 Å². The number of allylic oxidation sites excluding steroid dienone is 1. The molecule has 1 rings (SSSR count). The van der Waals surface area contributed by atoms with Crippen molar-refractivity contribution in [1.29, 1.82) is 0 Å². The Bertz CT molecular complexity index is 188. The summed E-state index contributed by atoms with van der Waals surface area (Å²) in [6, 6.07) is 0. The van der Waals surface area contributed by atoms with Crippen LogP contribution in [0.2, 0.25) is 0 Å². The smallest absolute Gasteiger partial charge is 0.0164 e. The lowest BCUT2D eigenvalue weighted by Gasteiger charge is -2.11. The molecule has 0 aliphatic heterocycles. The first kappa shape index (κ1) is 12.8. The molecule has 1 saturated carbocycles. The van der Waals surface area contributed by atoms with Crippen molar-refractivity contribution < 1.29 is 0 Å². The highest BCUT2D eigenvalue weighted by Gasteiger charge is 2.12. The highest BCUT2D eigenvalue weighted by Crippen LogP contribution is 2.27. The van der Waals surface area contributed by atoms with Crippen LogP contribution in [0, 0.1) is 11.8 Å². The summed E-state index contributed by atoms with van der Waals surface area (Å²) in [5.74, 6) is 1.65. The van der Waals surface area contributed by atoms with Gasteiger partial charge in [0.1, 0.15) is 0 Å². The van der Waals surface area contributed by atoms with Gasteiger partial charge in [-0.05, 0) is 37.6 Å². The van der Waals surface area contributed by atoms with E-state index in [2.05, 4.69) is 32.2 Å². The SMILES string of the molecule is CCC(=CC1CCCC1)CNCC(C)C. The Morgan fingerprint density at radius 1 is 1.33 bits per heavy atom. The first-order valence-electron chi connectivity index (χ1n) is 6.62. The zero-order chi connectivity index (χ0) is 11.1. The number of hydrogen-bond acceptors (Lipinski definition) is 1. The van der Waals surface area contributed by atoms with Gasteiger partial charge in [-0.2, -0.15) is 0 Å². The average Bonchev–Trinajstić information content (AvgIpc) is 2.68. The van der Waals surface area contributed by atoms with E-state index in [0.29, 0.717) is 0 Å². The van der Waals surface area contributed by atoms with E-state index >= 15 is 0 Å². The van der Waals surface area contributed by atoms with Crippen LogP contribution in [0.4, 0.5) is 0 Å². The predicted octanol–water partition coefficient (Wildman–Crippen LogP) is 3.76. The van der Waals surface area contributed by atoms with E-state index < -0.39 is 0 Å². The molecule has 0 saturated heterocycles. The first-order valence-corrected chi connectivity index (χ1v) is 6.62. The Morgan fingerprint density at radius 3 is 2.53 bits per heavy atom. The molecule has 1 nitrogen and oxygen atoms in total. The van der Waals surface area contributed by atoms with E-state index in [1.807, 2.05) is 0 Å². The topological polar surface area (TPSA) is 12.0 Å². The van der Waals surface area contributed by atoms with Crippen LogP contribution < -0.4 is 5.32 Å². The second-order valence-electron chi connectivity index (χ2n) is 5.25. The molecule has 1 N–H and O–H groups in total. The van der Waals surface area contributed by atoms with Gasteiger partial charge in [0.2, 0.25) is 0 Å². The number of hydrogen-bond donors (Lipinski definition) is 1. The molecule has 0 bridgehead atoms. The fraction of sp³-hybridized carbons (Fsp3) is 0.857. The summed E-state index contributed by atoms with van der Waals surface area (Å²) >= 11 is 0. The third-order valence-electron chi connectivity index (χ3n) is 3.23. The van der Waals surface area contributed by atoms with Crippen molar-refractivity contribution in [1.82, 2.24) is 5.32 Å². The third kappa shape index (κ3) is 5.36. The molecule has 1 fully saturated rings. The minimum atomic E-state index is 0.759. The Labute approximate surface area is 95.3 Å². The summed E-state index contributed by atoms with van der Waals surface area (Å²) < 4.78 is 0. The summed E-state index contributed by atoms with van der Waals surface area (Å²) in [7, 11) is 0. The highest BCUT2D eigenvalue weighted by molar-refractivity contribution is 5.06. The minimum absolute atomic E-state index is 0.759. The summed E-state index contributed by atoms with van der Waals surface area (Å²) in [4.78, 5) is 0. The fourth-order valence-electron chi connectivity index (χ4n) is 2.28. The van der Waals surface area contributed by atoms with Crippen molar-refractivity contribution in [3.8, 4) is 0 Å². The van der Waals surface area contributed by atoms with Crippen LogP contribution in [0.15, 0.2) is 11.6 Å². The Kier molecular flexibility index (Phi) is 6.00. The van der Waals surface area contributed by atoms with Gasteiger partial charge in [-0.15, -0.1) is 0 Å². The molecule has 0 radical (unpaired) electrons. The van der Waals surface area contributed by atoms with Crippen molar-refractivity contribution in [3.05, 3.63) is 11.6 Å². The van der Waals surface area contributed by atoms with Crippen LogP contribution in [0.5, 0.6) is 0 Å². The Hall–Kier alpha value is -0.300. The summed E-state index contributed by atoms with van der Waals surface area (Å²) in [5.41, 5.74) is 1.61. The van der Waals surface area contributed by atoms with Gasteiger partial charge in [-0.25, -0.2) is 0 Å². The molecule has 0 aromatic heterocycles. The fourth-order valence-corrected chi connectivity index (χ4v) is 2.28. The predicted molar refractivity (Wildman–Crippen MR) is 68.0 cm³/mol. The summed E-state index contributed by atoms with van der Waals surface area (Å²) in [5, 5.41) is 3.54. The normalized spacial score (nSPS) is 19.1. The van der Waals surface area contributed by atoms with E-state index in [1.54, 1.807) is 5.57 Å². The monoisotopic (exact) mass is 209 g/mol. The molecule has 0 heterocycles. The third-order valence-corrected chi connectivity index (χ3v) is 3.23. The van der Waals surface area contributed by atoms with Crippen molar-refractivity contribution in [2.75, 3.05) is 13.1 Å². The molecule has 0 unspecified atom stereocenters. The van der Waals surface area contributed by atoms with E-state index in [1.165, 1.54) is 32.1 Å². The van der Waals surface area contributed by atoms with Gasteiger partial charge in [-0.3, -0.25) is 0 Å². The average molecular weight is 209 g/mol. The first-order chi connectivity index (χ1) is 7.22. The highest BCUT2D eigenvalue weighted by atomic mass is 14.9. The number of rotatable bonds is 6. The Morgan fingerprint density at radius 2 is 2.00 bits per heavy atom. The van der Waals surface area contributed by atoms with Crippen molar-refractivity contribution in [2.45, 2.75) is 52.9 Å². The van der Waals surface area contributed by atoms with Crippen LogP contribution in [-0.2, 0) is 0 Å². The molecule has 0 atom stereocenters. The van der Waals surface area contributed by atoms with E-state index in [9.17, 15) is 0 Å². The quantitative estimate of drug-likeness (QED) is 0.657. The van der Waals surface area contributed by atoms with E-state index in [-0.39, 0.29) is 0 Å². The van der Waals surface area contributed by atoms with Crippen LogP contribution in [0.25, 0.3) is 0 Å². The van der Waals surface area contributed by atoms with Gasteiger partial charge < -0.3 is 5.32 Å². The molecule has 1 aliphatic carbocycles. The van der Waals surface area contributed by atoms with E-state index in [4.69, 9.17) is 0 Å². The maximum absolute atomic E-state index is 3.54. The van der Waals surface area contributed by atoms with Crippen molar-refractivity contribution >= 4 is 0 Å². The van der Waals surface area contributed by atoms with Crippen molar-refractivity contribution in [3.63, 3.8) is 0 Å². The lowest BCUT2D eigenvalue weighted by atomic mass is 10.0. The molecule has 0 aromatic rings. The van der Waals surface area contributed by atoms with Crippen LogP contribution in [0.1, 0.15) is 52.9 Å². The molecule has 1 aliphatic rings.